The van der Waals surface area contributed by atoms with Crippen molar-refractivity contribution in [2.75, 3.05) is 31.1 Å². The zero-order valence-electron chi connectivity index (χ0n) is 20.8. The van der Waals surface area contributed by atoms with Crippen LogP contribution in [0.2, 0.25) is 0 Å². The van der Waals surface area contributed by atoms with Gasteiger partial charge in [-0.25, -0.2) is 14.5 Å². The minimum Gasteiger partial charge on any atom is -0.353 e. The lowest BCUT2D eigenvalue weighted by Gasteiger charge is -2.35. The molecule has 1 aliphatic heterocycles. The highest BCUT2D eigenvalue weighted by molar-refractivity contribution is 5.83. The highest BCUT2D eigenvalue weighted by atomic mass is 16.2. The van der Waals surface area contributed by atoms with Gasteiger partial charge in [0.2, 0.25) is 5.91 Å². The second-order valence-electron chi connectivity index (χ2n) is 9.55. The Morgan fingerprint density at radius 2 is 1.86 bits per heavy atom. The van der Waals surface area contributed by atoms with Gasteiger partial charge in [0.05, 0.1) is 30.0 Å². The number of nitrogens with zero attached hydrogens (tertiary/aromatic N) is 9. The van der Waals surface area contributed by atoms with E-state index in [0.29, 0.717) is 47.9 Å². The van der Waals surface area contributed by atoms with Gasteiger partial charge < -0.3 is 9.80 Å². The fraction of sp³-hybridized carbons (Fsp3) is 0.385. The highest BCUT2D eigenvalue weighted by Gasteiger charge is 2.22. The second kappa shape index (κ2) is 9.77. The van der Waals surface area contributed by atoms with Gasteiger partial charge in [0, 0.05) is 63.2 Å². The molecule has 0 N–H and O–H groups in total. The number of anilines is 1. The summed E-state index contributed by atoms with van der Waals surface area (Å²) in [5.74, 6) is 1.64. The fourth-order valence-electron chi connectivity index (χ4n) is 4.46. The molecule has 5 heterocycles. The number of piperazine rings is 1. The van der Waals surface area contributed by atoms with E-state index in [1.807, 2.05) is 30.3 Å². The molecule has 0 bridgehead atoms. The van der Waals surface area contributed by atoms with Crippen molar-refractivity contribution < 1.29 is 4.79 Å². The van der Waals surface area contributed by atoms with E-state index < -0.39 is 0 Å². The maximum absolute atomic E-state index is 12.5. The molecule has 1 aliphatic rings. The lowest BCUT2D eigenvalue weighted by molar-refractivity contribution is -0.131. The third-order valence-electron chi connectivity index (χ3n) is 6.53. The van der Waals surface area contributed by atoms with Crippen LogP contribution in [-0.4, -0.2) is 66.3 Å². The molecule has 1 saturated heterocycles. The zero-order valence-corrected chi connectivity index (χ0v) is 20.8. The zero-order chi connectivity index (χ0) is 25.2. The second-order valence-corrected chi connectivity index (χ2v) is 9.55. The van der Waals surface area contributed by atoms with Crippen LogP contribution in [0, 0.1) is 17.2 Å². The molecule has 10 heteroatoms. The minimum absolute atomic E-state index is 0.240. The first-order chi connectivity index (χ1) is 17.4. The van der Waals surface area contributed by atoms with Crippen LogP contribution in [0.5, 0.6) is 0 Å². The number of pyridine rings is 1. The van der Waals surface area contributed by atoms with Crippen LogP contribution in [0.3, 0.4) is 0 Å². The number of hydrogen-bond donors (Lipinski definition) is 0. The van der Waals surface area contributed by atoms with Crippen molar-refractivity contribution in [1.82, 2.24) is 34.3 Å². The largest absolute Gasteiger partial charge is 0.353 e. The van der Waals surface area contributed by atoms with Gasteiger partial charge in [-0.1, -0.05) is 13.8 Å². The molecule has 5 rings (SSSR count). The number of carbonyl (C=O) groups excluding carboxylic acids is 1. The molecule has 0 unspecified atom stereocenters. The van der Waals surface area contributed by atoms with Crippen molar-refractivity contribution in [3.05, 3.63) is 48.7 Å². The van der Waals surface area contributed by atoms with Crippen LogP contribution in [0.4, 0.5) is 5.82 Å². The molecule has 0 saturated carbocycles. The van der Waals surface area contributed by atoms with Crippen molar-refractivity contribution in [2.24, 2.45) is 13.0 Å². The molecule has 36 heavy (non-hydrogen) atoms. The van der Waals surface area contributed by atoms with Crippen LogP contribution in [0.15, 0.2) is 43.1 Å². The molecular weight excluding hydrogens is 454 g/mol. The van der Waals surface area contributed by atoms with E-state index >= 15 is 0 Å². The molecule has 0 radical (unpaired) electrons. The Bertz CT molecular complexity index is 1420. The number of hydrogen-bond acceptors (Lipinski definition) is 7. The van der Waals surface area contributed by atoms with Crippen molar-refractivity contribution in [2.45, 2.75) is 26.7 Å². The van der Waals surface area contributed by atoms with Crippen LogP contribution in [0.1, 0.15) is 32.3 Å². The van der Waals surface area contributed by atoms with E-state index in [4.69, 9.17) is 9.97 Å². The average molecular weight is 484 g/mol. The highest BCUT2D eigenvalue weighted by Crippen LogP contribution is 2.29. The smallest absolute Gasteiger partial charge is 0.222 e. The van der Waals surface area contributed by atoms with Crippen LogP contribution < -0.4 is 4.90 Å². The van der Waals surface area contributed by atoms with Crippen molar-refractivity contribution >= 4 is 17.2 Å². The fourth-order valence-corrected chi connectivity index (χ4v) is 4.46. The molecule has 4 aromatic heterocycles. The van der Waals surface area contributed by atoms with Crippen molar-refractivity contribution in [3.63, 3.8) is 0 Å². The Labute approximate surface area is 209 Å². The Balaban J connectivity index is 1.38. The van der Waals surface area contributed by atoms with Crippen molar-refractivity contribution in [1.29, 1.82) is 5.26 Å². The van der Waals surface area contributed by atoms with Gasteiger partial charge in [-0.05, 0) is 24.5 Å². The van der Waals surface area contributed by atoms with Gasteiger partial charge in [-0.2, -0.15) is 15.5 Å². The summed E-state index contributed by atoms with van der Waals surface area (Å²) in [5.41, 5.74) is 4.12. The lowest BCUT2D eigenvalue weighted by atomic mass is 10.1. The van der Waals surface area contributed by atoms with E-state index in [2.05, 4.69) is 35.0 Å². The summed E-state index contributed by atoms with van der Waals surface area (Å²) < 4.78 is 3.41. The van der Waals surface area contributed by atoms with Gasteiger partial charge in [-0.15, -0.1) is 0 Å². The monoisotopic (exact) mass is 483 g/mol. The lowest BCUT2D eigenvalue weighted by Crippen LogP contribution is -2.49. The molecule has 184 valence electrons. The summed E-state index contributed by atoms with van der Waals surface area (Å²) in [6, 6.07) is 6.17. The number of fused-ring (bicyclic) bond motifs is 1. The van der Waals surface area contributed by atoms with Gasteiger partial charge >= 0.3 is 0 Å². The number of aromatic nitrogens is 6. The maximum atomic E-state index is 12.5. The van der Waals surface area contributed by atoms with Gasteiger partial charge in [0.15, 0.2) is 0 Å². The first-order valence-corrected chi connectivity index (χ1v) is 12.2. The maximum Gasteiger partial charge on any atom is 0.222 e. The predicted octanol–water partition coefficient (Wildman–Crippen LogP) is 3.15. The quantitative estimate of drug-likeness (QED) is 0.414. The molecule has 0 atom stereocenters. The molecule has 10 nitrogen and oxygen atoms in total. The Morgan fingerprint density at radius 1 is 1.06 bits per heavy atom. The molecule has 1 amide bonds. The number of rotatable bonds is 6. The van der Waals surface area contributed by atoms with Crippen LogP contribution in [0.25, 0.3) is 28.0 Å². The summed E-state index contributed by atoms with van der Waals surface area (Å²) in [6.07, 6.45) is 10.3. The normalized spacial score (nSPS) is 14.0. The molecule has 0 aromatic carbocycles. The number of nitriles is 1. The minimum atomic E-state index is 0.240. The van der Waals surface area contributed by atoms with Gasteiger partial charge in [-0.3, -0.25) is 9.48 Å². The summed E-state index contributed by atoms with van der Waals surface area (Å²) >= 11 is 0. The summed E-state index contributed by atoms with van der Waals surface area (Å²) in [6.45, 7) is 7.20. The van der Waals surface area contributed by atoms with E-state index in [-0.39, 0.29) is 5.91 Å². The first-order valence-electron chi connectivity index (χ1n) is 12.2. The third-order valence-corrected chi connectivity index (χ3v) is 6.53. The Hall–Kier alpha value is -4.26. The summed E-state index contributed by atoms with van der Waals surface area (Å²) in [7, 11) is 1.86. The van der Waals surface area contributed by atoms with Gasteiger partial charge in [0.1, 0.15) is 23.0 Å². The Morgan fingerprint density at radius 3 is 2.50 bits per heavy atom. The topological polar surface area (TPSA) is 108 Å². The van der Waals surface area contributed by atoms with E-state index in [0.717, 1.165) is 36.5 Å². The summed E-state index contributed by atoms with van der Waals surface area (Å²) in [4.78, 5) is 26.2. The van der Waals surface area contributed by atoms with Crippen LogP contribution in [-0.2, 0) is 11.8 Å². The van der Waals surface area contributed by atoms with Crippen LogP contribution >= 0.6 is 0 Å². The van der Waals surface area contributed by atoms with E-state index in [9.17, 15) is 10.1 Å². The number of amides is 1. The molecule has 0 spiro atoms. The first kappa shape index (κ1) is 23.5. The standard InChI is InChI=1S/C26H29N9O/c1-18(2)4-7-24(36)34-10-8-33(9-11-34)23-6-5-19(13-28-23)25-26-20(12-27)14-30-35(26)17-22(31-25)21-15-29-32(3)16-21/h5-6,13-18H,4,7-11H2,1-3H3. The van der Waals surface area contributed by atoms with Gasteiger partial charge in [0.25, 0.3) is 0 Å². The predicted molar refractivity (Wildman–Crippen MR) is 136 cm³/mol. The molecule has 4 aromatic rings. The van der Waals surface area contributed by atoms with E-state index in [1.54, 1.807) is 34.0 Å². The molecule has 0 aliphatic carbocycles. The van der Waals surface area contributed by atoms with E-state index in [1.165, 1.54) is 0 Å². The number of carbonyl (C=O) groups is 1. The average Bonchev–Trinajstić information content (AvgIpc) is 3.53. The van der Waals surface area contributed by atoms with Crippen molar-refractivity contribution in [3.8, 4) is 28.6 Å². The Kier molecular flexibility index (Phi) is 6.38. The molecular formula is C26H29N9O. The SMILES string of the molecule is CC(C)CCC(=O)N1CCN(c2ccc(-c3nc(-c4cnn(C)c4)cn4ncc(C#N)c34)cn2)CC1. The summed E-state index contributed by atoms with van der Waals surface area (Å²) in [5, 5.41) is 18.2. The third kappa shape index (κ3) is 4.64. The molecule has 1 fully saturated rings. The number of aryl methyl sites for hydroxylation is 1.